The van der Waals surface area contributed by atoms with Gasteiger partial charge in [0.05, 0.1) is 0 Å². The molecule has 0 bridgehead atoms. The van der Waals surface area contributed by atoms with E-state index in [0.29, 0.717) is 12.0 Å². The van der Waals surface area contributed by atoms with Crippen LogP contribution in [-0.4, -0.2) is 18.3 Å². The Bertz CT molecular complexity index is 532. The lowest BCUT2D eigenvalue weighted by molar-refractivity contribution is 0.249. The standard InChI is InChI=1S/C18H25NO/c1-3-15(11-12-20)13-19-14(2)17-10-6-8-16-7-4-5-9-18(16)17/h4-10,14-15,19-20H,3,11-13H2,1-2H3. The van der Waals surface area contributed by atoms with Gasteiger partial charge < -0.3 is 10.4 Å². The zero-order valence-corrected chi connectivity index (χ0v) is 12.5. The molecular weight excluding hydrogens is 246 g/mol. The van der Waals surface area contributed by atoms with E-state index in [2.05, 4.69) is 61.6 Å². The molecule has 0 radical (unpaired) electrons. The van der Waals surface area contributed by atoms with Gasteiger partial charge in [0.25, 0.3) is 0 Å². The van der Waals surface area contributed by atoms with E-state index >= 15 is 0 Å². The Morgan fingerprint density at radius 3 is 2.60 bits per heavy atom. The fraction of sp³-hybridized carbons (Fsp3) is 0.444. The molecule has 20 heavy (non-hydrogen) atoms. The third kappa shape index (κ3) is 3.59. The maximum Gasteiger partial charge on any atom is 0.0434 e. The van der Waals surface area contributed by atoms with Crippen molar-refractivity contribution in [2.75, 3.05) is 13.2 Å². The number of nitrogens with one attached hydrogen (secondary N) is 1. The first-order valence-corrected chi connectivity index (χ1v) is 7.58. The molecule has 2 aromatic carbocycles. The Morgan fingerprint density at radius 2 is 1.85 bits per heavy atom. The lowest BCUT2D eigenvalue weighted by atomic mass is 9.98. The van der Waals surface area contributed by atoms with Crippen LogP contribution in [0.4, 0.5) is 0 Å². The second kappa shape index (κ2) is 7.41. The quantitative estimate of drug-likeness (QED) is 0.800. The van der Waals surface area contributed by atoms with Gasteiger partial charge in [0.1, 0.15) is 0 Å². The normalized spacial score (nSPS) is 14.3. The van der Waals surface area contributed by atoms with Crippen LogP contribution in [0, 0.1) is 5.92 Å². The van der Waals surface area contributed by atoms with E-state index in [0.717, 1.165) is 19.4 Å². The lowest BCUT2D eigenvalue weighted by Crippen LogP contribution is -2.26. The average Bonchev–Trinajstić information content (AvgIpc) is 2.50. The van der Waals surface area contributed by atoms with Crippen LogP contribution < -0.4 is 5.32 Å². The van der Waals surface area contributed by atoms with E-state index in [4.69, 9.17) is 5.11 Å². The van der Waals surface area contributed by atoms with E-state index < -0.39 is 0 Å². The third-order valence-corrected chi connectivity index (χ3v) is 4.12. The van der Waals surface area contributed by atoms with Gasteiger partial charge in [-0.05, 0) is 42.1 Å². The molecule has 2 rings (SSSR count). The highest BCUT2D eigenvalue weighted by atomic mass is 16.3. The molecular formula is C18H25NO. The summed E-state index contributed by atoms with van der Waals surface area (Å²) in [5.74, 6) is 0.553. The highest BCUT2D eigenvalue weighted by Crippen LogP contribution is 2.24. The van der Waals surface area contributed by atoms with E-state index in [1.54, 1.807) is 0 Å². The minimum atomic E-state index is 0.281. The second-order valence-corrected chi connectivity index (χ2v) is 5.48. The molecule has 0 amide bonds. The molecule has 0 heterocycles. The molecule has 108 valence electrons. The Hall–Kier alpha value is -1.38. The van der Waals surface area contributed by atoms with Crippen LogP contribution in [0.3, 0.4) is 0 Å². The zero-order valence-electron chi connectivity index (χ0n) is 12.5. The van der Waals surface area contributed by atoms with E-state index in [1.165, 1.54) is 16.3 Å². The van der Waals surface area contributed by atoms with Crippen LogP contribution in [0.25, 0.3) is 10.8 Å². The predicted octanol–water partition coefficient (Wildman–Crippen LogP) is 3.90. The Morgan fingerprint density at radius 1 is 1.10 bits per heavy atom. The number of hydrogen-bond donors (Lipinski definition) is 2. The zero-order chi connectivity index (χ0) is 14.4. The van der Waals surface area contributed by atoms with Gasteiger partial charge in [-0.2, -0.15) is 0 Å². The number of aliphatic hydroxyl groups is 1. The van der Waals surface area contributed by atoms with Gasteiger partial charge >= 0.3 is 0 Å². The smallest absolute Gasteiger partial charge is 0.0434 e. The first-order chi connectivity index (χ1) is 9.76. The summed E-state index contributed by atoms with van der Waals surface area (Å²) in [6.07, 6.45) is 1.99. The summed E-state index contributed by atoms with van der Waals surface area (Å²) in [6, 6.07) is 15.3. The number of aliphatic hydroxyl groups excluding tert-OH is 1. The van der Waals surface area contributed by atoms with Crippen LogP contribution in [0.15, 0.2) is 42.5 Å². The van der Waals surface area contributed by atoms with E-state index in [9.17, 15) is 0 Å². The number of hydrogen-bond acceptors (Lipinski definition) is 2. The molecule has 2 unspecified atom stereocenters. The van der Waals surface area contributed by atoms with Gasteiger partial charge in [0, 0.05) is 12.6 Å². The predicted molar refractivity (Wildman–Crippen MR) is 85.8 cm³/mol. The Balaban J connectivity index is 2.09. The van der Waals surface area contributed by atoms with Gasteiger partial charge in [-0.3, -0.25) is 0 Å². The highest BCUT2D eigenvalue weighted by molar-refractivity contribution is 5.86. The molecule has 0 saturated carbocycles. The van der Waals surface area contributed by atoms with Crippen molar-refractivity contribution in [3.05, 3.63) is 48.0 Å². The Labute approximate surface area is 121 Å². The molecule has 2 nitrogen and oxygen atoms in total. The van der Waals surface area contributed by atoms with Crippen molar-refractivity contribution in [3.63, 3.8) is 0 Å². The SMILES string of the molecule is CCC(CCO)CNC(C)c1cccc2ccccc12. The van der Waals surface area contributed by atoms with E-state index in [-0.39, 0.29) is 6.61 Å². The fourth-order valence-electron chi connectivity index (χ4n) is 2.71. The maximum absolute atomic E-state index is 9.06. The van der Waals surface area contributed by atoms with Gasteiger partial charge in [0.2, 0.25) is 0 Å². The largest absolute Gasteiger partial charge is 0.396 e. The molecule has 0 aromatic heterocycles. The van der Waals surface area contributed by atoms with Crippen molar-refractivity contribution in [3.8, 4) is 0 Å². The molecule has 2 aromatic rings. The summed E-state index contributed by atoms with van der Waals surface area (Å²) >= 11 is 0. The van der Waals surface area contributed by atoms with Crippen molar-refractivity contribution in [2.24, 2.45) is 5.92 Å². The molecule has 0 aliphatic carbocycles. The van der Waals surface area contributed by atoms with Gasteiger partial charge in [-0.25, -0.2) is 0 Å². The van der Waals surface area contributed by atoms with E-state index in [1.807, 2.05) is 0 Å². The second-order valence-electron chi connectivity index (χ2n) is 5.48. The van der Waals surface area contributed by atoms with Crippen molar-refractivity contribution >= 4 is 10.8 Å². The molecule has 0 fully saturated rings. The number of rotatable bonds is 7. The van der Waals surface area contributed by atoms with Crippen molar-refractivity contribution < 1.29 is 5.11 Å². The van der Waals surface area contributed by atoms with Crippen LogP contribution in [0.5, 0.6) is 0 Å². The summed E-state index contributed by atoms with van der Waals surface area (Å²) in [7, 11) is 0. The average molecular weight is 271 g/mol. The van der Waals surface area contributed by atoms with Gasteiger partial charge in [-0.15, -0.1) is 0 Å². The minimum Gasteiger partial charge on any atom is -0.396 e. The molecule has 0 aliphatic heterocycles. The van der Waals surface area contributed by atoms with Crippen LogP contribution in [-0.2, 0) is 0 Å². The van der Waals surface area contributed by atoms with Gasteiger partial charge in [0.15, 0.2) is 0 Å². The summed E-state index contributed by atoms with van der Waals surface area (Å²) in [5, 5.41) is 15.3. The topological polar surface area (TPSA) is 32.3 Å². The monoisotopic (exact) mass is 271 g/mol. The maximum atomic E-state index is 9.06. The lowest BCUT2D eigenvalue weighted by Gasteiger charge is -2.20. The first-order valence-electron chi connectivity index (χ1n) is 7.58. The molecule has 0 aliphatic rings. The van der Waals surface area contributed by atoms with Crippen LogP contribution in [0.1, 0.15) is 38.3 Å². The van der Waals surface area contributed by atoms with Crippen molar-refractivity contribution in [2.45, 2.75) is 32.7 Å². The summed E-state index contributed by atoms with van der Waals surface area (Å²) in [6.45, 7) is 5.64. The van der Waals surface area contributed by atoms with Crippen molar-refractivity contribution in [1.82, 2.24) is 5.32 Å². The Kier molecular flexibility index (Phi) is 5.57. The summed E-state index contributed by atoms with van der Waals surface area (Å²) in [5.41, 5.74) is 1.35. The number of fused-ring (bicyclic) bond motifs is 1. The van der Waals surface area contributed by atoms with Crippen LogP contribution in [0.2, 0.25) is 0 Å². The van der Waals surface area contributed by atoms with Gasteiger partial charge in [-0.1, -0.05) is 55.8 Å². The number of benzene rings is 2. The first kappa shape index (κ1) is 15.0. The fourth-order valence-corrected chi connectivity index (χ4v) is 2.71. The molecule has 2 N–H and O–H groups in total. The minimum absolute atomic E-state index is 0.281. The molecule has 0 saturated heterocycles. The molecule has 0 spiro atoms. The van der Waals surface area contributed by atoms with Crippen LogP contribution >= 0.6 is 0 Å². The third-order valence-electron chi connectivity index (χ3n) is 4.12. The highest BCUT2D eigenvalue weighted by Gasteiger charge is 2.11. The molecule has 2 heteroatoms. The summed E-state index contributed by atoms with van der Waals surface area (Å²) < 4.78 is 0. The van der Waals surface area contributed by atoms with Crippen molar-refractivity contribution in [1.29, 1.82) is 0 Å². The summed E-state index contributed by atoms with van der Waals surface area (Å²) in [4.78, 5) is 0. The molecule has 2 atom stereocenters.